The first-order chi connectivity index (χ1) is 13.7. The van der Waals surface area contributed by atoms with Crippen LogP contribution in [-0.2, 0) is 0 Å². The van der Waals surface area contributed by atoms with Crippen molar-refractivity contribution in [3.05, 3.63) is 53.5 Å². The minimum atomic E-state index is -0.0125. The van der Waals surface area contributed by atoms with E-state index in [4.69, 9.17) is 4.98 Å². The number of thiazole rings is 2. The van der Waals surface area contributed by atoms with Gasteiger partial charge in [-0.2, -0.15) is 0 Å². The summed E-state index contributed by atoms with van der Waals surface area (Å²) in [6, 6.07) is 13.7. The van der Waals surface area contributed by atoms with Crippen LogP contribution in [0, 0.1) is 0 Å². The van der Waals surface area contributed by atoms with E-state index in [9.17, 15) is 4.79 Å². The molecule has 2 heterocycles. The number of rotatable bonds is 7. The fraction of sp³-hybridized carbons (Fsp3) is 0.286. The molecule has 0 saturated carbocycles. The minimum absolute atomic E-state index is 0.0125. The van der Waals surface area contributed by atoms with Crippen molar-refractivity contribution in [2.75, 3.05) is 31.1 Å². The molecule has 0 spiro atoms. The van der Waals surface area contributed by atoms with E-state index >= 15 is 0 Å². The highest BCUT2D eigenvalue weighted by Gasteiger charge is 2.22. The third-order valence-electron chi connectivity index (χ3n) is 4.87. The first kappa shape index (κ1) is 19.0. The number of likely N-dealkylation sites (N-methyl/N-ethyl adjacent to an activating group) is 1. The van der Waals surface area contributed by atoms with Crippen LogP contribution in [0.5, 0.6) is 0 Å². The van der Waals surface area contributed by atoms with Gasteiger partial charge < -0.3 is 4.90 Å². The van der Waals surface area contributed by atoms with Gasteiger partial charge >= 0.3 is 0 Å². The summed E-state index contributed by atoms with van der Waals surface area (Å²) in [7, 11) is 0. The molecule has 0 aliphatic rings. The van der Waals surface area contributed by atoms with Gasteiger partial charge in [0.1, 0.15) is 0 Å². The van der Waals surface area contributed by atoms with Crippen molar-refractivity contribution < 1.29 is 4.79 Å². The van der Waals surface area contributed by atoms with Gasteiger partial charge in [0, 0.05) is 18.7 Å². The van der Waals surface area contributed by atoms with Gasteiger partial charge in [0.2, 0.25) is 0 Å². The highest BCUT2D eigenvalue weighted by Crippen LogP contribution is 2.30. The van der Waals surface area contributed by atoms with Gasteiger partial charge in [-0.15, -0.1) is 11.3 Å². The first-order valence-electron chi connectivity index (χ1n) is 9.42. The zero-order valence-corrected chi connectivity index (χ0v) is 17.6. The zero-order valence-electron chi connectivity index (χ0n) is 16.0. The minimum Gasteiger partial charge on any atom is -0.302 e. The lowest BCUT2D eigenvalue weighted by Crippen LogP contribution is -2.38. The van der Waals surface area contributed by atoms with E-state index in [0.717, 1.165) is 45.2 Å². The fourth-order valence-corrected chi connectivity index (χ4v) is 4.89. The molecular formula is C21H22N4OS2. The molecule has 0 aliphatic carbocycles. The van der Waals surface area contributed by atoms with E-state index in [0.29, 0.717) is 12.1 Å². The molecule has 4 aromatic rings. The molecule has 5 nitrogen and oxygen atoms in total. The van der Waals surface area contributed by atoms with E-state index in [-0.39, 0.29) is 5.91 Å². The fourth-order valence-electron chi connectivity index (χ4n) is 3.18. The van der Waals surface area contributed by atoms with Crippen molar-refractivity contribution in [1.29, 1.82) is 0 Å². The summed E-state index contributed by atoms with van der Waals surface area (Å²) in [6.07, 6.45) is 0. The van der Waals surface area contributed by atoms with Gasteiger partial charge in [-0.1, -0.05) is 37.3 Å². The number of anilines is 1. The van der Waals surface area contributed by atoms with Crippen LogP contribution in [0.3, 0.4) is 0 Å². The van der Waals surface area contributed by atoms with Crippen LogP contribution in [-0.4, -0.2) is 47.0 Å². The quantitative estimate of drug-likeness (QED) is 0.435. The second kappa shape index (κ2) is 8.34. The molecule has 0 N–H and O–H groups in total. The van der Waals surface area contributed by atoms with Gasteiger partial charge in [-0.25, -0.2) is 9.97 Å². The molecule has 1 amide bonds. The van der Waals surface area contributed by atoms with Crippen LogP contribution in [0.25, 0.3) is 20.4 Å². The third kappa shape index (κ3) is 3.78. The second-order valence-corrected chi connectivity index (χ2v) is 8.38. The summed E-state index contributed by atoms with van der Waals surface area (Å²) in [4.78, 5) is 26.6. The predicted molar refractivity (Wildman–Crippen MR) is 119 cm³/mol. The molecule has 7 heteroatoms. The normalized spacial score (nSPS) is 11.5. The standard InChI is InChI=1S/C21H22N4OS2/c1-3-24(4-2)11-12-25(21-23-17-7-5-6-8-18(17)28-21)20(26)15-9-10-16-19(13-15)27-14-22-16/h5-10,13-14H,3-4,11-12H2,1-2H3. The smallest absolute Gasteiger partial charge is 0.260 e. The van der Waals surface area contributed by atoms with Gasteiger partial charge in [0.15, 0.2) is 5.13 Å². The van der Waals surface area contributed by atoms with E-state index in [1.54, 1.807) is 22.7 Å². The Balaban J connectivity index is 1.69. The summed E-state index contributed by atoms with van der Waals surface area (Å²) in [5.41, 5.74) is 4.35. The van der Waals surface area contributed by atoms with Crippen molar-refractivity contribution >= 4 is 54.1 Å². The van der Waals surface area contributed by atoms with Crippen molar-refractivity contribution in [2.45, 2.75) is 13.8 Å². The van der Waals surface area contributed by atoms with Crippen molar-refractivity contribution in [1.82, 2.24) is 14.9 Å². The van der Waals surface area contributed by atoms with E-state index in [1.807, 2.05) is 52.9 Å². The number of para-hydroxylation sites is 1. The van der Waals surface area contributed by atoms with Crippen LogP contribution >= 0.6 is 22.7 Å². The van der Waals surface area contributed by atoms with Gasteiger partial charge in [0.25, 0.3) is 5.91 Å². The summed E-state index contributed by atoms with van der Waals surface area (Å²) in [5.74, 6) is -0.0125. The maximum atomic E-state index is 13.4. The number of benzene rings is 2. The lowest BCUT2D eigenvalue weighted by Gasteiger charge is -2.24. The van der Waals surface area contributed by atoms with E-state index < -0.39 is 0 Å². The lowest BCUT2D eigenvalue weighted by molar-refractivity contribution is 0.0984. The van der Waals surface area contributed by atoms with E-state index in [1.165, 1.54) is 0 Å². The van der Waals surface area contributed by atoms with Gasteiger partial charge in [0.05, 0.1) is 25.9 Å². The Morgan fingerprint density at radius 1 is 1.00 bits per heavy atom. The van der Waals surface area contributed by atoms with Crippen molar-refractivity contribution in [3.63, 3.8) is 0 Å². The lowest BCUT2D eigenvalue weighted by atomic mass is 10.2. The Bertz CT molecular complexity index is 1070. The van der Waals surface area contributed by atoms with Crippen LogP contribution in [0.15, 0.2) is 48.0 Å². The maximum Gasteiger partial charge on any atom is 0.260 e. The van der Waals surface area contributed by atoms with Gasteiger partial charge in [-0.3, -0.25) is 9.69 Å². The number of fused-ring (bicyclic) bond motifs is 2. The Kier molecular flexibility index (Phi) is 5.66. The van der Waals surface area contributed by atoms with Crippen LogP contribution in [0.4, 0.5) is 5.13 Å². The SMILES string of the molecule is CCN(CC)CCN(C(=O)c1ccc2ncsc2c1)c1nc2ccccc2s1. The maximum absolute atomic E-state index is 13.4. The molecule has 0 fully saturated rings. The number of aromatic nitrogens is 2. The summed E-state index contributed by atoms with van der Waals surface area (Å²) in [5, 5.41) is 0.753. The molecule has 28 heavy (non-hydrogen) atoms. The molecule has 0 atom stereocenters. The predicted octanol–water partition coefficient (Wildman–Crippen LogP) is 4.89. The summed E-state index contributed by atoms with van der Waals surface area (Å²) < 4.78 is 2.12. The molecule has 0 radical (unpaired) electrons. The number of carbonyl (C=O) groups excluding carboxylic acids is 1. The third-order valence-corrected chi connectivity index (χ3v) is 6.72. The summed E-state index contributed by atoms with van der Waals surface area (Å²) >= 11 is 3.12. The highest BCUT2D eigenvalue weighted by atomic mass is 32.1. The first-order valence-corrected chi connectivity index (χ1v) is 11.1. The molecule has 2 aromatic carbocycles. The Morgan fingerprint density at radius 2 is 1.82 bits per heavy atom. The number of carbonyl (C=O) groups is 1. The Hall–Kier alpha value is -2.35. The average Bonchev–Trinajstić information content (AvgIpc) is 3.36. The molecule has 144 valence electrons. The zero-order chi connectivity index (χ0) is 19.5. The molecule has 0 saturated heterocycles. The second-order valence-electron chi connectivity index (χ2n) is 6.48. The highest BCUT2D eigenvalue weighted by molar-refractivity contribution is 7.22. The largest absolute Gasteiger partial charge is 0.302 e. The Morgan fingerprint density at radius 3 is 2.61 bits per heavy atom. The molecule has 2 aromatic heterocycles. The average molecular weight is 411 g/mol. The molecule has 4 rings (SSSR count). The molecule has 0 unspecified atom stereocenters. The number of nitrogens with zero attached hydrogens (tertiary/aromatic N) is 4. The number of hydrogen-bond acceptors (Lipinski definition) is 6. The topological polar surface area (TPSA) is 49.3 Å². The number of amides is 1. The number of hydrogen-bond donors (Lipinski definition) is 0. The van der Waals surface area contributed by atoms with Crippen molar-refractivity contribution in [2.24, 2.45) is 0 Å². The molecular weight excluding hydrogens is 388 g/mol. The Labute approximate surface area is 172 Å². The molecule has 0 bridgehead atoms. The van der Waals surface area contributed by atoms with Crippen LogP contribution in [0.2, 0.25) is 0 Å². The monoisotopic (exact) mass is 410 g/mol. The van der Waals surface area contributed by atoms with Gasteiger partial charge in [-0.05, 0) is 43.4 Å². The van der Waals surface area contributed by atoms with Crippen LogP contribution in [0.1, 0.15) is 24.2 Å². The molecule has 0 aliphatic heterocycles. The van der Waals surface area contributed by atoms with Crippen LogP contribution < -0.4 is 4.90 Å². The van der Waals surface area contributed by atoms with E-state index in [2.05, 4.69) is 23.7 Å². The summed E-state index contributed by atoms with van der Waals surface area (Å²) in [6.45, 7) is 7.64. The van der Waals surface area contributed by atoms with Crippen molar-refractivity contribution in [3.8, 4) is 0 Å².